The first kappa shape index (κ1) is 16.2. The zero-order valence-electron chi connectivity index (χ0n) is 12.4. The summed E-state index contributed by atoms with van der Waals surface area (Å²) < 4.78 is 5.61. The molecule has 0 aromatic heterocycles. The number of thioether (sulfide) groups is 1. The van der Waals surface area contributed by atoms with Crippen LogP contribution in [0.3, 0.4) is 0 Å². The number of benzene rings is 1. The summed E-state index contributed by atoms with van der Waals surface area (Å²) >= 11 is 2.06. The molecule has 0 amide bonds. The SMILES string of the molecule is CCSC1CCC(NCCOc2ccc(C(=O)O)cc2)C1. The Morgan fingerprint density at radius 1 is 1.38 bits per heavy atom. The zero-order valence-corrected chi connectivity index (χ0v) is 13.2. The van der Waals surface area contributed by atoms with Gasteiger partial charge in [-0.05, 0) is 49.3 Å². The second-order valence-corrected chi connectivity index (χ2v) is 6.80. The molecule has 5 heteroatoms. The van der Waals surface area contributed by atoms with E-state index in [1.165, 1.54) is 25.0 Å². The van der Waals surface area contributed by atoms with E-state index in [4.69, 9.17) is 9.84 Å². The van der Waals surface area contributed by atoms with Crippen molar-refractivity contribution in [3.05, 3.63) is 29.8 Å². The fraction of sp³-hybridized carbons (Fsp3) is 0.562. The first-order valence-corrected chi connectivity index (χ1v) is 8.55. The minimum atomic E-state index is -0.913. The Morgan fingerprint density at radius 3 is 2.81 bits per heavy atom. The summed E-state index contributed by atoms with van der Waals surface area (Å²) in [5.74, 6) is 1.00. The second kappa shape index (κ2) is 8.29. The van der Waals surface area contributed by atoms with Gasteiger partial charge in [-0.25, -0.2) is 4.79 Å². The van der Waals surface area contributed by atoms with Crippen molar-refractivity contribution in [2.75, 3.05) is 18.9 Å². The van der Waals surface area contributed by atoms with Crippen LogP contribution in [-0.2, 0) is 0 Å². The molecule has 1 aromatic carbocycles. The van der Waals surface area contributed by atoms with Crippen LogP contribution in [0.1, 0.15) is 36.5 Å². The molecule has 4 nitrogen and oxygen atoms in total. The van der Waals surface area contributed by atoms with Crippen LogP contribution in [0.15, 0.2) is 24.3 Å². The molecule has 1 fully saturated rings. The molecule has 1 aliphatic rings. The van der Waals surface area contributed by atoms with Gasteiger partial charge in [-0.1, -0.05) is 6.92 Å². The number of carboxylic acids is 1. The summed E-state index contributed by atoms with van der Waals surface area (Å²) in [5, 5.41) is 13.2. The summed E-state index contributed by atoms with van der Waals surface area (Å²) in [5.41, 5.74) is 0.283. The number of hydrogen-bond donors (Lipinski definition) is 2. The third kappa shape index (κ3) is 5.25. The normalized spacial score (nSPS) is 21.4. The van der Waals surface area contributed by atoms with E-state index in [2.05, 4.69) is 24.0 Å². The monoisotopic (exact) mass is 309 g/mol. The first-order valence-electron chi connectivity index (χ1n) is 7.50. The molecule has 1 aromatic rings. The standard InChI is InChI=1S/C16H23NO3S/c1-2-21-15-8-5-13(11-15)17-9-10-20-14-6-3-12(4-7-14)16(18)19/h3-4,6-7,13,15,17H,2,5,8-11H2,1H3,(H,18,19). The average molecular weight is 309 g/mol. The van der Waals surface area contributed by atoms with Crippen molar-refractivity contribution in [1.82, 2.24) is 5.32 Å². The summed E-state index contributed by atoms with van der Waals surface area (Å²) in [7, 11) is 0. The lowest BCUT2D eigenvalue weighted by molar-refractivity contribution is 0.0697. The van der Waals surface area contributed by atoms with Crippen LogP contribution in [0.4, 0.5) is 0 Å². The van der Waals surface area contributed by atoms with Gasteiger partial charge in [-0.3, -0.25) is 0 Å². The van der Waals surface area contributed by atoms with E-state index in [9.17, 15) is 4.79 Å². The van der Waals surface area contributed by atoms with Gasteiger partial charge in [0, 0.05) is 17.8 Å². The second-order valence-electron chi connectivity index (χ2n) is 5.22. The molecule has 0 bridgehead atoms. The third-order valence-electron chi connectivity index (χ3n) is 3.69. The largest absolute Gasteiger partial charge is 0.492 e. The Kier molecular flexibility index (Phi) is 6.39. The molecule has 0 radical (unpaired) electrons. The summed E-state index contributed by atoms with van der Waals surface area (Å²) in [6, 6.07) is 7.15. The van der Waals surface area contributed by atoms with Crippen LogP contribution in [0.25, 0.3) is 0 Å². The highest BCUT2D eigenvalue weighted by Gasteiger charge is 2.23. The first-order chi connectivity index (χ1) is 10.2. The predicted molar refractivity (Wildman–Crippen MR) is 86.5 cm³/mol. The van der Waals surface area contributed by atoms with Crippen molar-refractivity contribution in [1.29, 1.82) is 0 Å². The Bertz CT molecular complexity index is 449. The highest BCUT2D eigenvalue weighted by atomic mass is 32.2. The van der Waals surface area contributed by atoms with Crippen molar-refractivity contribution in [2.24, 2.45) is 0 Å². The molecule has 2 atom stereocenters. The third-order valence-corrected chi connectivity index (χ3v) is 4.92. The maximum absolute atomic E-state index is 10.7. The van der Waals surface area contributed by atoms with E-state index in [1.54, 1.807) is 24.3 Å². The van der Waals surface area contributed by atoms with Crippen LogP contribution in [0.5, 0.6) is 5.75 Å². The van der Waals surface area contributed by atoms with E-state index >= 15 is 0 Å². The fourth-order valence-electron chi connectivity index (χ4n) is 2.64. The molecule has 1 aliphatic carbocycles. The van der Waals surface area contributed by atoms with Gasteiger partial charge < -0.3 is 15.2 Å². The van der Waals surface area contributed by atoms with Gasteiger partial charge in [-0.2, -0.15) is 11.8 Å². The molecule has 21 heavy (non-hydrogen) atoms. The van der Waals surface area contributed by atoms with Gasteiger partial charge in [0.25, 0.3) is 0 Å². The van der Waals surface area contributed by atoms with Gasteiger partial charge in [0.1, 0.15) is 12.4 Å². The van der Waals surface area contributed by atoms with Crippen LogP contribution < -0.4 is 10.1 Å². The Hall–Kier alpha value is -1.20. The molecule has 2 N–H and O–H groups in total. The van der Waals surface area contributed by atoms with E-state index in [0.29, 0.717) is 18.4 Å². The summed E-state index contributed by atoms with van der Waals surface area (Å²) in [6.07, 6.45) is 3.82. The summed E-state index contributed by atoms with van der Waals surface area (Å²) in [4.78, 5) is 10.7. The Morgan fingerprint density at radius 2 is 2.14 bits per heavy atom. The fourth-order valence-corrected chi connectivity index (χ4v) is 3.78. The average Bonchev–Trinajstić information content (AvgIpc) is 2.92. The Labute approximate surface area is 130 Å². The number of rotatable bonds is 8. The number of nitrogens with one attached hydrogen (secondary N) is 1. The molecule has 1 saturated carbocycles. The van der Waals surface area contributed by atoms with Gasteiger partial charge in [0.15, 0.2) is 0 Å². The molecule has 2 unspecified atom stereocenters. The lowest BCUT2D eigenvalue weighted by Gasteiger charge is -2.13. The van der Waals surface area contributed by atoms with E-state index in [1.807, 2.05) is 0 Å². The maximum atomic E-state index is 10.7. The summed E-state index contributed by atoms with van der Waals surface area (Å²) in [6.45, 7) is 3.65. The molecule has 116 valence electrons. The van der Waals surface area contributed by atoms with Gasteiger partial charge in [-0.15, -0.1) is 0 Å². The molecule has 0 saturated heterocycles. The Balaban J connectivity index is 1.62. The van der Waals surface area contributed by atoms with Gasteiger partial charge in [0.05, 0.1) is 5.56 Å². The predicted octanol–water partition coefficient (Wildman–Crippen LogP) is 3.03. The van der Waals surface area contributed by atoms with Crippen molar-refractivity contribution in [3.63, 3.8) is 0 Å². The van der Waals surface area contributed by atoms with E-state index < -0.39 is 5.97 Å². The van der Waals surface area contributed by atoms with Gasteiger partial charge >= 0.3 is 5.97 Å². The number of aromatic carboxylic acids is 1. The van der Waals surface area contributed by atoms with E-state index in [-0.39, 0.29) is 5.56 Å². The minimum Gasteiger partial charge on any atom is -0.492 e. The van der Waals surface area contributed by atoms with Crippen LogP contribution in [0, 0.1) is 0 Å². The van der Waals surface area contributed by atoms with Crippen molar-refractivity contribution in [3.8, 4) is 5.75 Å². The molecule has 0 heterocycles. The molecule has 0 spiro atoms. The molecular weight excluding hydrogens is 286 g/mol. The number of ether oxygens (including phenoxy) is 1. The molecular formula is C16H23NO3S. The lowest BCUT2D eigenvalue weighted by Crippen LogP contribution is -2.30. The number of hydrogen-bond acceptors (Lipinski definition) is 4. The quantitative estimate of drug-likeness (QED) is 0.723. The maximum Gasteiger partial charge on any atom is 0.335 e. The molecule has 0 aliphatic heterocycles. The zero-order chi connectivity index (χ0) is 15.1. The topological polar surface area (TPSA) is 58.6 Å². The van der Waals surface area contributed by atoms with E-state index in [0.717, 1.165) is 11.8 Å². The van der Waals surface area contributed by atoms with Crippen molar-refractivity contribution >= 4 is 17.7 Å². The van der Waals surface area contributed by atoms with Crippen molar-refractivity contribution in [2.45, 2.75) is 37.5 Å². The minimum absolute atomic E-state index is 0.283. The highest BCUT2D eigenvalue weighted by Crippen LogP contribution is 2.29. The number of carboxylic acid groups (broad SMARTS) is 1. The number of carbonyl (C=O) groups is 1. The van der Waals surface area contributed by atoms with Crippen LogP contribution in [-0.4, -0.2) is 41.3 Å². The van der Waals surface area contributed by atoms with Crippen LogP contribution >= 0.6 is 11.8 Å². The highest BCUT2D eigenvalue weighted by molar-refractivity contribution is 7.99. The van der Waals surface area contributed by atoms with Crippen LogP contribution in [0.2, 0.25) is 0 Å². The van der Waals surface area contributed by atoms with Crippen molar-refractivity contribution < 1.29 is 14.6 Å². The molecule has 2 rings (SSSR count). The smallest absolute Gasteiger partial charge is 0.335 e. The van der Waals surface area contributed by atoms with Gasteiger partial charge in [0.2, 0.25) is 0 Å². The lowest BCUT2D eigenvalue weighted by atomic mass is 10.2.